The number of hydrogen-bond acceptors (Lipinski definition) is 5. The molecule has 0 fully saturated rings. The van der Waals surface area contributed by atoms with E-state index < -0.39 is 23.7 Å². The summed E-state index contributed by atoms with van der Waals surface area (Å²) in [7, 11) is 0. The largest absolute Gasteiger partial charge is 0.489 e. The van der Waals surface area contributed by atoms with Crippen LogP contribution < -0.4 is 15.4 Å². The molecular weight excluding hydrogens is 536 g/mol. The summed E-state index contributed by atoms with van der Waals surface area (Å²) in [4.78, 5) is 26.9. The SMILES string of the molecule is CC(C)C[C@H](NCc1ccc(C(C)(C)C)cc1)C(=O)N[C@H](Cc1ccc(OCc2ccccc2)cc1)C(=O)OC(C)(C)C. The molecule has 2 atom stereocenters. The standard InChI is InChI=1S/C37H50N2O4/c1-26(2)22-32(38-24-28-14-18-30(19-15-28)36(3,4)5)34(40)39-33(35(41)43-37(6,7)8)23-27-16-20-31(21-17-27)42-25-29-12-10-9-11-13-29/h9-21,26,32-33,38H,22-25H2,1-8H3,(H,39,40)/t32-,33+/m0/s1. The van der Waals surface area contributed by atoms with Gasteiger partial charge in [-0.3, -0.25) is 4.79 Å². The Balaban J connectivity index is 1.70. The van der Waals surface area contributed by atoms with Crippen molar-refractivity contribution in [1.29, 1.82) is 0 Å². The molecule has 1 amide bonds. The smallest absolute Gasteiger partial charge is 0.329 e. The molecule has 0 bridgehead atoms. The first-order valence-corrected chi connectivity index (χ1v) is 15.3. The molecule has 6 heteroatoms. The molecule has 0 aliphatic heterocycles. The third kappa shape index (κ3) is 11.9. The first-order valence-electron chi connectivity index (χ1n) is 15.3. The highest BCUT2D eigenvalue weighted by atomic mass is 16.6. The number of esters is 1. The fourth-order valence-electron chi connectivity index (χ4n) is 4.65. The summed E-state index contributed by atoms with van der Waals surface area (Å²) >= 11 is 0. The Morgan fingerprint density at radius 1 is 0.744 bits per heavy atom. The summed E-state index contributed by atoms with van der Waals surface area (Å²) in [5.74, 6) is 0.363. The average molecular weight is 587 g/mol. The summed E-state index contributed by atoms with van der Waals surface area (Å²) in [5, 5.41) is 6.45. The molecule has 6 nitrogen and oxygen atoms in total. The molecule has 3 aromatic carbocycles. The van der Waals surface area contributed by atoms with Crippen LogP contribution in [0, 0.1) is 5.92 Å². The molecule has 0 saturated carbocycles. The minimum Gasteiger partial charge on any atom is -0.489 e. The van der Waals surface area contributed by atoms with E-state index in [1.165, 1.54) is 5.56 Å². The summed E-state index contributed by atoms with van der Waals surface area (Å²) < 4.78 is 11.6. The molecule has 0 radical (unpaired) electrons. The van der Waals surface area contributed by atoms with Crippen molar-refractivity contribution in [3.05, 3.63) is 101 Å². The van der Waals surface area contributed by atoms with E-state index in [-0.39, 0.29) is 17.2 Å². The van der Waals surface area contributed by atoms with E-state index >= 15 is 0 Å². The van der Waals surface area contributed by atoms with E-state index in [0.717, 1.165) is 22.4 Å². The normalized spacial score (nSPS) is 13.3. The molecule has 0 aliphatic carbocycles. The molecule has 0 spiro atoms. The van der Waals surface area contributed by atoms with Crippen LogP contribution in [0.25, 0.3) is 0 Å². The zero-order chi connectivity index (χ0) is 31.6. The molecule has 0 aromatic heterocycles. The average Bonchev–Trinajstić information content (AvgIpc) is 2.93. The van der Waals surface area contributed by atoms with Gasteiger partial charge < -0.3 is 20.1 Å². The lowest BCUT2D eigenvalue weighted by Crippen LogP contribution is -2.52. The van der Waals surface area contributed by atoms with Crippen molar-refractivity contribution in [2.45, 2.75) is 104 Å². The monoisotopic (exact) mass is 586 g/mol. The first-order chi connectivity index (χ1) is 20.2. The van der Waals surface area contributed by atoms with Crippen LogP contribution in [0.3, 0.4) is 0 Å². The van der Waals surface area contributed by atoms with Crippen molar-refractivity contribution < 1.29 is 19.1 Å². The lowest BCUT2D eigenvalue weighted by atomic mass is 9.87. The van der Waals surface area contributed by atoms with Crippen LogP contribution in [0.15, 0.2) is 78.9 Å². The minimum atomic E-state index is -0.828. The second-order valence-electron chi connectivity index (χ2n) is 13.7. The Hall–Kier alpha value is -3.64. The van der Waals surface area contributed by atoms with Gasteiger partial charge in [-0.1, -0.05) is 101 Å². The number of carbonyl (C=O) groups is 2. The number of benzene rings is 3. The number of rotatable bonds is 13. The zero-order valence-corrected chi connectivity index (χ0v) is 27.2. The second kappa shape index (κ2) is 15.2. The van der Waals surface area contributed by atoms with Crippen LogP contribution in [-0.4, -0.2) is 29.6 Å². The number of nitrogens with one attached hydrogen (secondary N) is 2. The van der Waals surface area contributed by atoms with Crippen molar-refractivity contribution in [1.82, 2.24) is 10.6 Å². The van der Waals surface area contributed by atoms with Crippen LogP contribution in [0.2, 0.25) is 0 Å². The molecule has 3 aromatic rings. The van der Waals surface area contributed by atoms with Gasteiger partial charge in [0.2, 0.25) is 5.91 Å². The first kappa shape index (κ1) is 33.9. The van der Waals surface area contributed by atoms with Gasteiger partial charge in [0.25, 0.3) is 0 Å². The molecule has 0 aliphatic rings. The van der Waals surface area contributed by atoms with Gasteiger partial charge in [-0.15, -0.1) is 0 Å². The third-order valence-electron chi connectivity index (χ3n) is 7.02. The molecule has 0 unspecified atom stereocenters. The fraction of sp³-hybridized carbons (Fsp3) is 0.459. The van der Waals surface area contributed by atoms with Crippen molar-refractivity contribution >= 4 is 11.9 Å². The quantitative estimate of drug-likeness (QED) is 0.208. The molecule has 3 rings (SSSR count). The molecule has 2 N–H and O–H groups in total. The van der Waals surface area contributed by atoms with Gasteiger partial charge >= 0.3 is 5.97 Å². The Kier molecular flexibility index (Phi) is 12.0. The number of hydrogen-bond donors (Lipinski definition) is 2. The molecule has 0 saturated heterocycles. The predicted octanol–water partition coefficient (Wildman–Crippen LogP) is 7.14. The van der Waals surface area contributed by atoms with Crippen LogP contribution in [0.4, 0.5) is 0 Å². The van der Waals surface area contributed by atoms with Crippen molar-refractivity contribution in [2.24, 2.45) is 5.92 Å². The van der Waals surface area contributed by atoms with Crippen molar-refractivity contribution in [2.75, 3.05) is 0 Å². The number of carbonyl (C=O) groups excluding carboxylic acids is 2. The summed E-state index contributed by atoms with van der Waals surface area (Å²) in [6.07, 6.45) is 0.947. The lowest BCUT2D eigenvalue weighted by Gasteiger charge is -2.27. The van der Waals surface area contributed by atoms with Crippen molar-refractivity contribution in [3.63, 3.8) is 0 Å². The Morgan fingerprint density at radius 3 is 1.91 bits per heavy atom. The maximum Gasteiger partial charge on any atom is 0.329 e. The third-order valence-corrected chi connectivity index (χ3v) is 7.02. The second-order valence-corrected chi connectivity index (χ2v) is 13.7. The Bertz CT molecular complexity index is 1290. The van der Waals surface area contributed by atoms with Gasteiger partial charge in [0, 0.05) is 13.0 Å². The summed E-state index contributed by atoms with van der Waals surface area (Å²) in [5.41, 5.74) is 3.76. The van der Waals surface area contributed by atoms with E-state index in [4.69, 9.17) is 9.47 Å². The number of ether oxygens (including phenoxy) is 2. The molecular formula is C37H50N2O4. The van der Waals surface area contributed by atoms with Gasteiger partial charge in [-0.25, -0.2) is 4.79 Å². The van der Waals surface area contributed by atoms with Gasteiger partial charge in [0.15, 0.2) is 0 Å². The Labute approximate surface area is 258 Å². The van der Waals surface area contributed by atoms with Crippen LogP contribution in [0.1, 0.15) is 84.1 Å². The van der Waals surface area contributed by atoms with E-state index in [9.17, 15) is 9.59 Å². The van der Waals surface area contributed by atoms with E-state index in [2.05, 4.69) is 69.5 Å². The van der Waals surface area contributed by atoms with E-state index in [1.807, 2.05) is 75.4 Å². The zero-order valence-electron chi connectivity index (χ0n) is 27.2. The van der Waals surface area contributed by atoms with Gasteiger partial charge in [-0.05, 0) is 72.9 Å². The van der Waals surface area contributed by atoms with Crippen LogP contribution >= 0.6 is 0 Å². The maximum atomic E-state index is 13.6. The van der Waals surface area contributed by atoms with Crippen molar-refractivity contribution in [3.8, 4) is 5.75 Å². The molecule has 232 valence electrons. The predicted molar refractivity (Wildman–Crippen MR) is 174 cm³/mol. The van der Waals surface area contributed by atoms with E-state index in [1.54, 1.807) is 0 Å². The molecule has 43 heavy (non-hydrogen) atoms. The topological polar surface area (TPSA) is 76.7 Å². The highest BCUT2D eigenvalue weighted by molar-refractivity contribution is 5.88. The lowest BCUT2D eigenvalue weighted by molar-refractivity contribution is -0.158. The maximum absolute atomic E-state index is 13.6. The Morgan fingerprint density at radius 2 is 1.35 bits per heavy atom. The fourth-order valence-corrected chi connectivity index (χ4v) is 4.65. The van der Waals surface area contributed by atoms with Gasteiger partial charge in [0.1, 0.15) is 24.0 Å². The van der Waals surface area contributed by atoms with Gasteiger partial charge in [0.05, 0.1) is 6.04 Å². The highest BCUT2D eigenvalue weighted by Gasteiger charge is 2.30. The summed E-state index contributed by atoms with van der Waals surface area (Å²) in [6, 6.07) is 24.8. The minimum absolute atomic E-state index is 0.0816. The van der Waals surface area contributed by atoms with Gasteiger partial charge in [-0.2, -0.15) is 0 Å². The summed E-state index contributed by atoms with van der Waals surface area (Å²) in [6.45, 7) is 17.3. The number of amides is 1. The van der Waals surface area contributed by atoms with Crippen LogP contribution in [0.5, 0.6) is 5.75 Å². The van der Waals surface area contributed by atoms with E-state index in [0.29, 0.717) is 26.0 Å². The molecule has 0 heterocycles. The highest BCUT2D eigenvalue weighted by Crippen LogP contribution is 2.22. The van der Waals surface area contributed by atoms with Crippen LogP contribution in [-0.2, 0) is 39.3 Å².